The number of rotatable bonds is 7. The van der Waals surface area contributed by atoms with Gasteiger partial charge in [0.1, 0.15) is 0 Å². The summed E-state index contributed by atoms with van der Waals surface area (Å²) in [6, 6.07) is 3.96. The summed E-state index contributed by atoms with van der Waals surface area (Å²) in [5.74, 6) is 0.118. The van der Waals surface area contributed by atoms with Crippen molar-refractivity contribution in [2.24, 2.45) is 5.41 Å². The summed E-state index contributed by atoms with van der Waals surface area (Å²) in [6.07, 6.45) is 0.661. The average molecular weight is 578 g/mol. The number of nitrogens with zero attached hydrogens (tertiary/aromatic N) is 1. The molecule has 2 aliphatic rings. The Labute approximate surface area is 238 Å². The molecule has 0 amide bonds. The van der Waals surface area contributed by atoms with Crippen LogP contribution in [0.2, 0.25) is 18.1 Å². The Morgan fingerprint density at radius 2 is 1.73 bits per heavy atom. The van der Waals surface area contributed by atoms with E-state index in [-0.39, 0.29) is 41.3 Å². The zero-order valence-corrected chi connectivity index (χ0v) is 26.4. The molecule has 0 bridgehead atoms. The third-order valence-corrected chi connectivity index (χ3v) is 13.7. The first kappa shape index (κ1) is 31.2. The predicted molar refractivity (Wildman–Crippen MR) is 156 cm³/mol. The molecule has 222 valence electrons. The highest BCUT2D eigenvalue weighted by Gasteiger charge is 2.46. The van der Waals surface area contributed by atoms with Crippen LogP contribution in [0.5, 0.6) is 0 Å². The fraction of sp³-hybridized carbons (Fsp3) is 0.656. The maximum Gasteiger partial charge on any atom is 0.417 e. The largest absolute Gasteiger partial charge is 0.417 e. The van der Waals surface area contributed by atoms with Crippen molar-refractivity contribution < 1.29 is 27.4 Å². The van der Waals surface area contributed by atoms with Crippen LogP contribution in [-0.2, 0) is 35.0 Å². The van der Waals surface area contributed by atoms with Gasteiger partial charge in [-0.05, 0) is 84.0 Å². The molecular weight excluding hydrogens is 531 g/mol. The van der Waals surface area contributed by atoms with Crippen LogP contribution < -0.4 is 0 Å². The Hall–Kier alpha value is -1.74. The predicted octanol–water partition coefficient (Wildman–Crippen LogP) is 9.10. The van der Waals surface area contributed by atoms with Crippen LogP contribution in [0.4, 0.5) is 13.2 Å². The summed E-state index contributed by atoms with van der Waals surface area (Å²) in [4.78, 5) is 5.11. The van der Waals surface area contributed by atoms with Gasteiger partial charge in [-0.25, -0.2) is 0 Å². The maximum atomic E-state index is 14.5. The molecule has 1 heterocycles. The number of pyridine rings is 1. The van der Waals surface area contributed by atoms with Crippen LogP contribution >= 0.6 is 0 Å². The molecule has 1 aromatic carbocycles. The summed E-state index contributed by atoms with van der Waals surface area (Å²) in [7, 11) is -0.675. The molecule has 40 heavy (non-hydrogen) atoms. The fourth-order valence-corrected chi connectivity index (χ4v) is 7.57. The van der Waals surface area contributed by atoms with Crippen molar-refractivity contribution in [3.8, 4) is 11.1 Å². The lowest BCUT2D eigenvalue weighted by atomic mass is 9.70. The number of ether oxygens (including phenoxy) is 1. The highest BCUT2D eigenvalue weighted by molar-refractivity contribution is 6.74. The molecule has 0 radical (unpaired) electrons. The van der Waals surface area contributed by atoms with E-state index in [1.54, 1.807) is 7.11 Å². The van der Waals surface area contributed by atoms with E-state index in [0.29, 0.717) is 16.8 Å². The number of benzene rings is 1. The van der Waals surface area contributed by atoms with E-state index in [9.17, 15) is 18.3 Å². The van der Waals surface area contributed by atoms with E-state index in [2.05, 4.69) is 47.7 Å². The Morgan fingerprint density at radius 1 is 1.07 bits per heavy atom. The van der Waals surface area contributed by atoms with Gasteiger partial charge in [0.15, 0.2) is 8.32 Å². The highest BCUT2D eigenvalue weighted by atomic mass is 28.4. The molecule has 2 aliphatic carbocycles. The first-order valence-electron chi connectivity index (χ1n) is 14.5. The van der Waals surface area contributed by atoms with Gasteiger partial charge in [-0.3, -0.25) is 4.98 Å². The molecule has 0 aliphatic heterocycles. The van der Waals surface area contributed by atoms with Gasteiger partial charge in [0.05, 0.1) is 30.6 Å². The second-order valence-corrected chi connectivity index (χ2v) is 18.8. The topological polar surface area (TPSA) is 51.6 Å². The minimum Gasteiger partial charge on any atom is -0.410 e. The van der Waals surface area contributed by atoms with E-state index >= 15 is 0 Å². The number of aromatic nitrogens is 1. The SMILES string of the molecule is COCc1nc2c(c(C3CCCC3)c1-c1cc(CO)ccc1C(F)(F)F)C(O[Si](C)(C)C(C)(C)C)CC(C)(C)C2. The maximum absolute atomic E-state index is 14.5. The number of aliphatic hydroxyl groups excluding tert-OH is 1. The molecule has 1 fully saturated rings. The standard InChI is InChI=1S/C32H46F3NO3Si/c1-30(2,3)40(7,8)39-26-17-31(4,5)16-24-29(26)27(21-11-9-10-12-21)28(25(36-24)19-38-6)22-15-20(18-37)13-14-23(22)32(33,34)35/h13-15,21,26,37H,9-12,16-19H2,1-8H3. The first-order valence-corrected chi connectivity index (χ1v) is 17.4. The van der Waals surface area contributed by atoms with Gasteiger partial charge >= 0.3 is 6.18 Å². The monoisotopic (exact) mass is 577 g/mol. The molecule has 8 heteroatoms. The molecule has 1 unspecified atom stereocenters. The number of hydrogen-bond donors (Lipinski definition) is 1. The van der Waals surface area contributed by atoms with Gasteiger partial charge in [0.25, 0.3) is 0 Å². The smallest absolute Gasteiger partial charge is 0.410 e. The van der Waals surface area contributed by atoms with Gasteiger partial charge in [0.2, 0.25) is 0 Å². The zero-order chi connectivity index (χ0) is 29.7. The van der Waals surface area contributed by atoms with Crippen molar-refractivity contribution in [2.75, 3.05) is 7.11 Å². The molecule has 1 atom stereocenters. The fourth-order valence-electron chi connectivity index (χ4n) is 6.31. The molecular formula is C32H46F3NO3Si. The normalized spacial score (nSPS) is 20.1. The Kier molecular flexibility index (Phi) is 8.70. The first-order chi connectivity index (χ1) is 18.5. The van der Waals surface area contributed by atoms with Crippen molar-refractivity contribution in [1.29, 1.82) is 0 Å². The third-order valence-electron chi connectivity index (χ3n) is 9.26. The van der Waals surface area contributed by atoms with Crippen molar-refractivity contribution in [2.45, 2.75) is 123 Å². The van der Waals surface area contributed by atoms with Gasteiger partial charge < -0.3 is 14.3 Å². The second-order valence-electron chi connectivity index (χ2n) is 14.1. The van der Waals surface area contributed by atoms with Crippen LogP contribution in [0.1, 0.15) is 112 Å². The molecule has 1 N–H and O–H groups in total. The number of alkyl halides is 3. The summed E-state index contributed by atoms with van der Waals surface area (Å²) < 4.78 is 56.3. The van der Waals surface area contributed by atoms with E-state index in [1.807, 2.05) is 0 Å². The van der Waals surface area contributed by atoms with E-state index < -0.39 is 20.1 Å². The molecule has 0 spiro atoms. The Balaban J connectivity index is 2.11. The molecule has 4 nitrogen and oxygen atoms in total. The van der Waals surface area contributed by atoms with E-state index in [1.165, 1.54) is 12.1 Å². The lowest BCUT2D eigenvalue weighted by molar-refractivity contribution is -0.137. The number of hydrogen-bond acceptors (Lipinski definition) is 4. The number of halogens is 3. The minimum atomic E-state index is -4.56. The van der Waals surface area contributed by atoms with E-state index in [0.717, 1.165) is 61.4 Å². The molecule has 4 rings (SSSR count). The van der Waals surface area contributed by atoms with E-state index in [4.69, 9.17) is 14.1 Å². The average Bonchev–Trinajstić information content (AvgIpc) is 3.35. The highest BCUT2D eigenvalue weighted by Crippen LogP contribution is 2.54. The lowest BCUT2D eigenvalue weighted by Crippen LogP contribution is -2.44. The number of fused-ring (bicyclic) bond motifs is 1. The zero-order valence-electron chi connectivity index (χ0n) is 25.4. The Bertz CT molecular complexity index is 1230. The van der Waals surface area contributed by atoms with Crippen LogP contribution in [0.25, 0.3) is 11.1 Å². The summed E-state index contributed by atoms with van der Waals surface area (Å²) in [6.45, 7) is 15.3. The van der Waals surface area contributed by atoms with Gasteiger partial charge in [-0.1, -0.05) is 53.5 Å². The van der Waals surface area contributed by atoms with Gasteiger partial charge in [-0.2, -0.15) is 13.2 Å². The summed E-state index contributed by atoms with van der Waals surface area (Å²) >= 11 is 0. The minimum absolute atomic E-state index is 0.0204. The molecule has 1 aromatic heterocycles. The van der Waals surface area contributed by atoms with Gasteiger partial charge in [-0.15, -0.1) is 0 Å². The van der Waals surface area contributed by atoms with Crippen molar-refractivity contribution in [1.82, 2.24) is 4.98 Å². The quantitative estimate of drug-likeness (QED) is 0.334. The van der Waals surface area contributed by atoms with Crippen molar-refractivity contribution in [3.63, 3.8) is 0 Å². The number of aliphatic hydroxyl groups is 1. The van der Waals surface area contributed by atoms with Crippen molar-refractivity contribution >= 4 is 8.32 Å². The van der Waals surface area contributed by atoms with Crippen LogP contribution in [0.15, 0.2) is 18.2 Å². The lowest BCUT2D eigenvalue weighted by Gasteiger charge is -2.45. The van der Waals surface area contributed by atoms with Gasteiger partial charge in [0, 0.05) is 23.9 Å². The van der Waals surface area contributed by atoms with Crippen LogP contribution in [0.3, 0.4) is 0 Å². The molecule has 1 saturated carbocycles. The Morgan fingerprint density at radius 3 is 2.27 bits per heavy atom. The molecule has 0 saturated heterocycles. The second kappa shape index (κ2) is 11.2. The van der Waals surface area contributed by atoms with Crippen LogP contribution in [-0.4, -0.2) is 25.5 Å². The molecule has 2 aromatic rings. The third kappa shape index (κ3) is 6.20. The van der Waals surface area contributed by atoms with Crippen molar-refractivity contribution in [3.05, 3.63) is 51.8 Å². The van der Waals surface area contributed by atoms with Crippen LogP contribution in [0, 0.1) is 5.41 Å². The summed E-state index contributed by atoms with van der Waals surface area (Å²) in [5.41, 5.74) is 3.72. The summed E-state index contributed by atoms with van der Waals surface area (Å²) in [5, 5.41) is 9.89. The number of methoxy groups -OCH3 is 1.